The average molecular weight is 347 g/mol. The molecule has 10 heteroatoms. The lowest BCUT2D eigenvalue weighted by molar-refractivity contribution is -0.159. The zero-order valence-electron chi connectivity index (χ0n) is 14.0. The van der Waals surface area contributed by atoms with Crippen LogP contribution >= 0.6 is 0 Å². The quantitative estimate of drug-likeness (QED) is 0.409. The summed E-state index contributed by atoms with van der Waals surface area (Å²) in [4.78, 5) is 58.1. The van der Waals surface area contributed by atoms with Gasteiger partial charge in [-0.3, -0.25) is 19.2 Å². The van der Waals surface area contributed by atoms with Crippen LogP contribution in [0.2, 0.25) is 0 Å². The van der Waals surface area contributed by atoms with Gasteiger partial charge in [-0.1, -0.05) is 0 Å². The molecule has 0 bridgehead atoms. The minimum Gasteiger partial charge on any atom is -0.469 e. The number of nitrogens with one attached hydrogen (secondary N) is 1. The highest BCUT2D eigenvalue weighted by atomic mass is 16.5. The van der Waals surface area contributed by atoms with Crippen LogP contribution in [0.4, 0.5) is 0 Å². The third-order valence-corrected chi connectivity index (χ3v) is 3.08. The van der Waals surface area contributed by atoms with Gasteiger partial charge in [0.25, 0.3) is 0 Å². The molecule has 2 atom stereocenters. The third-order valence-electron chi connectivity index (χ3n) is 3.08. The Kier molecular flexibility index (Phi) is 9.76. The van der Waals surface area contributed by atoms with E-state index in [-0.39, 0.29) is 12.8 Å². The molecule has 0 aliphatic heterocycles. The van der Waals surface area contributed by atoms with E-state index in [1.54, 1.807) is 0 Å². The second-order valence-electron chi connectivity index (χ2n) is 4.55. The summed E-state index contributed by atoms with van der Waals surface area (Å²) in [5.74, 6) is -5.27. The maximum atomic E-state index is 11.9. The number of hydrogen-bond acceptors (Lipinski definition) is 9. The van der Waals surface area contributed by atoms with Crippen LogP contribution in [0.3, 0.4) is 0 Å². The van der Waals surface area contributed by atoms with E-state index in [1.165, 1.54) is 7.11 Å². The van der Waals surface area contributed by atoms with Crippen molar-refractivity contribution in [1.82, 2.24) is 5.32 Å². The van der Waals surface area contributed by atoms with Gasteiger partial charge in [0.15, 0.2) is 0 Å². The molecule has 0 aromatic rings. The van der Waals surface area contributed by atoms with Gasteiger partial charge in [-0.2, -0.15) is 0 Å². The molecule has 1 N–H and O–H groups in total. The molecule has 136 valence electrons. The van der Waals surface area contributed by atoms with Crippen LogP contribution in [0, 0.1) is 5.92 Å². The summed E-state index contributed by atoms with van der Waals surface area (Å²) in [6, 6.07) is -1.47. The topological polar surface area (TPSA) is 134 Å². The molecule has 0 spiro atoms. The number of hydrogen-bond donors (Lipinski definition) is 1. The van der Waals surface area contributed by atoms with Crippen molar-refractivity contribution in [2.24, 2.45) is 5.92 Å². The summed E-state index contributed by atoms with van der Waals surface area (Å²) in [6.45, 7) is 0. The van der Waals surface area contributed by atoms with E-state index >= 15 is 0 Å². The Morgan fingerprint density at radius 3 is 1.75 bits per heavy atom. The van der Waals surface area contributed by atoms with E-state index in [0.717, 1.165) is 21.3 Å². The first-order valence-electron chi connectivity index (χ1n) is 6.89. The van der Waals surface area contributed by atoms with Crippen molar-refractivity contribution in [1.29, 1.82) is 0 Å². The fourth-order valence-electron chi connectivity index (χ4n) is 1.77. The van der Waals surface area contributed by atoms with Gasteiger partial charge < -0.3 is 24.3 Å². The van der Waals surface area contributed by atoms with Crippen molar-refractivity contribution in [2.75, 3.05) is 28.4 Å². The fraction of sp³-hybridized carbons (Fsp3) is 0.643. The smallest absolute Gasteiger partial charge is 0.329 e. The molecular weight excluding hydrogens is 326 g/mol. The third kappa shape index (κ3) is 7.07. The number of ether oxygens (including phenoxy) is 4. The second kappa shape index (κ2) is 11.0. The Morgan fingerprint density at radius 1 is 0.750 bits per heavy atom. The predicted molar refractivity (Wildman–Crippen MR) is 77.3 cm³/mol. The van der Waals surface area contributed by atoms with Crippen molar-refractivity contribution < 1.29 is 42.9 Å². The summed E-state index contributed by atoms with van der Waals surface area (Å²) in [7, 11) is 4.41. The predicted octanol–water partition coefficient (Wildman–Crippen LogP) is -1.05. The minimum atomic E-state index is -1.47. The maximum Gasteiger partial charge on any atom is 0.329 e. The number of amides is 1. The molecule has 0 saturated heterocycles. The Balaban J connectivity index is 5.19. The number of methoxy groups -OCH3 is 4. The Bertz CT molecular complexity index is 489. The molecule has 24 heavy (non-hydrogen) atoms. The van der Waals surface area contributed by atoms with Crippen LogP contribution in [-0.2, 0) is 42.9 Å². The average Bonchev–Trinajstić information content (AvgIpc) is 2.60. The second-order valence-corrected chi connectivity index (χ2v) is 4.55. The summed E-state index contributed by atoms with van der Waals surface area (Å²) < 4.78 is 18.0. The van der Waals surface area contributed by atoms with Crippen LogP contribution in [0.15, 0.2) is 0 Å². The van der Waals surface area contributed by atoms with Gasteiger partial charge in [0, 0.05) is 6.42 Å². The molecule has 0 saturated carbocycles. The number of rotatable bonds is 9. The molecule has 10 nitrogen and oxygen atoms in total. The Hall–Kier alpha value is -2.65. The van der Waals surface area contributed by atoms with Crippen LogP contribution in [0.1, 0.15) is 19.3 Å². The number of carbonyl (C=O) groups excluding carboxylic acids is 5. The molecule has 0 aromatic carbocycles. The Labute approximate surface area is 138 Å². The minimum absolute atomic E-state index is 0.212. The molecule has 0 unspecified atom stereocenters. The number of esters is 4. The van der Waals surface area contributed by atoms with Crippen LogP contribution in [0.25, 0.3) is 0 Å². The van der Waals surface area contributed by atoms with E-state index in [0.29, 0.717) is 0 Å². The van der Waals surface area contributed by atoms with Crippen molar-refractivity contribution in [3.05, 3.63) is 0 Å². The van der Waals surface area contributed by atoms with Gasteiger partial charge in [0.1, 0.15) is 6.04 Å². The van der Waals surface area contributed by atoms with Gasteiger partial charge in [0.2, 0.25) is 5.91 Å². The maximum absolute atomic E-state index is 11.9. The highest BCUT2D eigenvalue weighted by Gasteiger charge is 2.38. The summed E-state index contributed by atoms with van der Waals surface area (Å²) >= 11 is 0. The molecule has 0 fully saturated rings. The highest BCUT2D eigenvalue weighted by molar-refractivity contribution is 5.91. The van der Waals surface area contributed by atoms with E-state index < -0.39 is 48.2 Å². The van der Waals surface area contributed by atoms with Gasteiger partial charge in [-0.05, 0) is 0 Å². The molecule has 0 radical (unpaired) electrons. The summed E-state index contributed by atoms with van der Waals surface area (Å²) in [6.07, 6.45) is -0.984. The van der Waals surface area contributed by atoms with Crippen LogP contribution < -0.4 is 5.32 Å². The van der Waals surface area contributed by atoms with Crippen molar-refractivity contribution >= 4 is 29.8 Å². The molecular formula is C14H21NO9. The standard InChI is InChI=1S/C14H21NO9/c1-21-10(17)6-5-9(16)15-12(14(20)24-4)8(13(19)23-3)7-11(18)22-2/h8,12H,5-7H2,1-4H3,(H,15,16)/t8-,12+/m1/s1. The highest BCUT2D eigenvalue weighted by Crippen LogP contribution is 2.15. The summed E-state index contributed by atoms with van der Waals surface area (Å²) in [5, 5.41) is 2.26. The molecule has 0 aromatic heterocycles. The van der Waals surface area contributed by atoms with Crippen molar-refractivity contribution in [2.45, 2.75) is 25.3 Å². The largest absolute Gasteiger partial charge is 0.469 e. The Morgan fingerprint density at radius 2 is 1.29 bits per heavy atom. The lowest BCUT2D eigenvalue weighted by atomic mass is 9.95. The van der Waals surface area contributed by atoms with Gasteiger partial charge in [-0.15, -0.1) is 0 Å². The lowest BCUT2D eigenvalue weighted by Gasteiger charge is -2.23. The van der Waals surface area contributed by atoms with Crippen molar-refractivity contribution in [3.8, 4) is 0 Å². The SMILES string of the molecule is COC(=O)CCC(=O)N[C@H](C(=O)OC)[C@@H](CC(=O)OC)C(=O)OC. The normalized spacial score (nSPS) is 12.3. The lowest BCUT2D eigenvalue weighted by Crippen LogP contribution is -2.50. The van der Waals surface area contributed by atoms with Gasteiger partial charge in [0.05, 0.1) is 47.2 Å². The van der Waals surface area contributed by atoms with E-state index in [2.05, 4.69) is 24.3 Å². The first-order chi connectivity index (χ1) is 11.3. The zero-order chi connectivity index (χ0) is 18.7. The zero-order valence-corrected chi connectivity index (χ0v) is 14.0. The first-order valence-corrected chi connectivity index (χ1v) is 6.89. The fourth-order valence-corrected chi connectivity index (χ4v) is 1.77. The molecule has 0 aliphatic rings. The van der Waals surface area contributed by atoms with Gasteiger partial charge in [-0.25, -0.2) is 4.79 Å². The summed E-state index contributed by atoms with van der Waals surface area (Å²) in [5.41, 5.74) is 0. The molecule has 0 rings (SSSR count). The van der Waals surface area contributed by atoms with E-state index in [4.69, 9.17) is 0 Å². The molecule has 0 aliphatic carbocycles. The van der Waals surface area contributed by atoms with Gasteiger partial charge >= 0.3 is 23.9 Å². The molecule has 1 amide bonds. The van der Waals surface area contributed by atoms with Crippen LogP contribution in [0.5, 0.6) is 0 Å². The van der Waals surface area contributed by atoms with E-state index in [1.807, 2.05) is 0 Å². The van der Waals surface area contributed by atoms with Crippen LogP contribution in [-0.4, -0.2) is 64.3 Å². The van der Waals surface area contributed by atoms with E-state index in [9.17, 15) is 24.0 Å². The van der Waals surface area contributed by atoms with Crippen molar-refractivity contribution in [3.63, 3.8) is 0 Å². The number of carbonyl (C=O) groups is 5. The monoisotopic (exact) mass is 347 g/mol. The molecule has 0 heterocycles. The first kappa shape index (κ1) is 21.4.